The van der Waals surface area contributed by atoms with E-state index in [2.05, 4.69) is 43.4 Å². The van der Waals surface area contributed by atoms with Crippen LogP contribution >= 0.6 is 22.6 Å². The maximum atomic E-state index is 5.85. The summed E-state index contributed by atoms with van der Waals surface area (Å²) in [6.07, 6.45) is 2.83. The Morgan fingerprint density at radius 3 is 2.44 bits per heavy atom. The zero-order chi connectivity index (χ0) is 11.8. The molecule has 0 aromatic heterocycles. The topological polar surface area (TPSA) is 18.5 Å². The van der Waals surface area contributed by atoms with Crippen molar-refractivity contribution in [2.75, 3.05) is 0 Å². The molecule has 0 amide bonds. The van der Waals surface area contributed by atoms with E-state index in [0.29, 0.717) is 6.10 Å². The quantitative estimate of drug-likeness (QED) is 0.779. The van der Waals surface area contributed by atoms with Crippen molar-refractivity contribution in [1.29, 1.82) is 0 Å². The zero-order valence-electron chi connectivity index (χ0n) is 9.92. The minimum atomic E-state index is -0.154. The minimum Gasteiger partial charge on any atom is -0.490 e. The fourth-order valence-electron chi connectivity index (χ4n) is 1.35. The van der Waals surface area contributed by atoms with Gasteiger partial charge in [-0.05, 0) is 74.4 Å². The molecule has 2 rings (SSSR count). The highest BCUT2D eigenvalue weighted by atomic mass is 127. The first-order valence-corrected chi connectivity index (χ1v) is 6.67. The summed E-state index contributed by atoms with van der Waals surface area (Å²) in [5, 5.41) is 0. The molecule has 0 N–H and O–H groups in total. The first-order valence-electron chi connectivity index (χ1n) is 5.59. The van der Waals surface area contributed by atoms with Crippen LogP contribution in [0.5, 0.6) is 11.5 Å². The number of hydrogen-bond donors (Lipinski definition) is 0. The Morgan fingerprint density at radius 1 is 1.25 bits per heavy atom. The van der Waals surface area contributed by atoms with E-state index in [1.54, 1.807) is 0 Å². The van der Waals surface area contributed by atoms with Crippen LogP contribution in [-0.4, -0.2) is 11.7 Å². The Morgan fingerprint density at radius 2 is 1.94 bits per heavy atom. The van der Waals surface area contributed by atoms with Gasteiger partial charge in [0.1, 0.15) is 17.1 Å². The summed E-state index contributed by atoms with van der Waals surface area (Å²) in [5.41, 5.74) is -0.154. The number of benzene rings is 1. The van der Waals surface area contributed by atoms with Crippen molar-refractivity contribution in [3.05, 3.63) is 21.8 Å². The first-order chi connectivity index (χ1) is 7.44. The molecule has 0 radical (unpaired) electrons. The average Bonchev–Trinajstić information content (AvgIpc) is 2.92. The summed E-state index contributed by atoms with van der Waals surface area (Å²) in [6.45, 7) is 6.16. The van der Waals surface area contributed by atoms with E-state index in [0.717, 1.165) is 15.1 Å². The van der Waals surface area contributed by atoms with Gasteiger partial charge in [0, 0.05) is 0 Å². The predicted molar refractivity (Wildman–Crippen MR) is 73.2 cm³/mol. The summed E-state index contributed by atoms with van der Waals surface area (Å²) in [7, 11) is 0. The molecule has 0 spiro atoms. The van der Waals surface area contributed by atoms with Crippen molar-refractivity contribution in [1.82, 2.24) is 0 Å². The highest BCUT2D eigenvalue weighted by Crippen LogP contribution is 2.32. The molecule has 1 fully saturated rings. The van der Waals surface area contributed by atoms with Crippen LogP contribution in [-0.2, 0) is 0 Å². The second-order valence-electron chi connectivity index (χ2n) is 5.12. The molecule has 0 unspecified atom stereocenters. The standard InChI is InChI=1S/C13H17IO2/c1-13(2,3)16-12-7-6-10(8-11(12)14)15-9-4-5-9/h6-9H,4-5H2,1-3H3. The summed E-state index contributed by atoms with van der Waals surface area (Å²) in [5.74, 6) is 1.88. The number of halogens is 1. The van der Waals surface area contributed by atoms with Crippen LogP contribution in [0, 0.1) is 3.57 Å². The van der Waals surface area contributed by atoms with E-state index in [1.165, 1.54) is 12.8 Å². The highest BCUT2D eigenvalue weighted by molar-refractivity contribution is 14.1. The summed E-state index contributed by atoms with van der Waals surface area (Å²) in [6, 6.07) is 6.02. The highest BCUT2D eigenvalue weighted by Gasteiger charge is 2.24. The lowest BCUT2D eigenvalue weighted by molar-refractivity contribution is 0.129. The van der Waals surface area contributed by atoms with Gasteiger partial charge in [-0.1, -0.05) is 0 Å². The van der Waals surface area contributed by atoms with Crippen molar-refractivity contribution >= 4 is 22.6 Å². The van der Waals surface area contributed by atoms with Gasteiger partial charge in [-0.25, -0.2) is 0 Å². The van der Waals surface area contributed by atoms with Gasteiger partial charge in [-0.3, -0.25) is 0 Å². The third-order valence-corrected chi connectivity index (χ3v) is 2.99. The van der Waals surface area contributed by atoms with Gasteiger partial charge >= 0.3 is 0 Å². The van der Waals surface area contributed by atoms with Crippen LogP contribution in [0.2, 0.25) is 0 Å². The summed E-state index contributed by atoms with van der Waals surface area (Å²) in [4.78, 5) is 0. The second kappa shape index (κ2) is 4.43. The molecule has 0 atom stereocenters. The average molecular weight is 332 g/mol. The van der Waals surface area contributed by atoms with Crippen LogP contribution in [0.25, 0.3) is 0 Å². The normalized spacial score (nSPS) is 16.0. The third kappa shape index (κ3) is 3.54. The van der Waals surface area contributed by atoms with E-state index < -0.39 is 0 Å². The Labute approximate surface area is 110 Å². The van der Waals surface area contributed by atoms with Crippen LogP contribution in [0.15, 0.2) is 18.2 Å². The molecular weight excluding hydrogens is 315 g/mol. The summed E-state index contributed by atoms with van der Waals surface area (Å²) >= 11 is 2.29. The lowest BCUT2D eigenvalue weighted by Crippen LogP contribution is -2.23. The minimum absolute atomic E-state index is 0.154. The molecule has 1 aromatic rings. The molecule has 88 valence electrons. The van der Waals surface area contributed by atoms with Crippen molar-refractivity contribution in [3.8, 4) is 11.5 Å². The number of hydrogen-bond acceptors (Lipinski definition) is 2. The lowest BCUT2D eigenvalue weighted by Gasteiger charge is -2.22. The van der Waals surface area contributed by atoms with Gasteiger partial charge in [0.15, 0.2) is 0 Å². The third-order valence-electron chi connectivity index (χ3n) is 2.15. The maximum absolute atomic E-state index is 5.85. The lowest BCUT2D eigenvalue weighted by atomic mass is 10.2. The monoisotopic (exact) mass is 332 g/mol. The van der Waals surface area contributed by atoms with Crippen molar-refractivity contribution in [2.24, 2.45) is 0 Å². The largest absolute Gasteiger partial charge is 0.490 e. The van der Waals surface area contributed by atoms with Gasteiger partial charge in [-0.15, -0.1) is 0 Å². The van der Waals surface area contributed by atoms with Crippen LogP contribution < -0.4 is 9.47 Å². The van der Waals surface area contributed by atoms with Gasteiger partial charge in [0.25, 0.3) is 0 Å². The van der Waals surface area contributed by atoms with E-state index in [9.17, 15) is 0 Å². The van der Waals surface area contributed by atoms with Crippen LogP contribution in [0.3, 0.4) is 0 Å². The predicted octanol–water partition coefficient (Wildman–Crippen LogP) is 4.01. The fraction of sp³-hybridized carbons (Fsp3) is 0.538. The van der Waals surface area contributed by atoms with Gasteiger partial charge < -0.3 is 9.47 Å². The second-order valence-corrected chi connectivity index (χ2v) is 6.29. The van der Waals surface area contributed by atoms with Gasteiger partial charge in [-0.2, -0.15) is 0 Å². The van der Waals surface area contributed by atoms with Crippen molar-refractivity contribution in [2.45, 2.75) is 45.3 Å². The Hall–Kier alpha value is -0.450. The molecular formula is C13H17IO2. The first kappa shape index (κ1) is 12.0. The molecule has 2 nitrogen and oxygen atoms in total. The van der Waals surface area contributed by atoms with Crippen molar-refractivity contribution < 1.29 is 9.47 Å². The van der Waals surface area contributed by atoms with Crippen LogP contribution in [0.4, 0.5) is 0 Å². The zero-order valence-corrected chi connectivity index (χ0v) is 12.1. The number of ether oxygens (including phenoxy) is 2. The van der Waals surface area contributed by atoms with E-state index in [-0.39, 0.29) is 5.60 Å². The van der Waals surface area contributed by atoms with Gasteiger partial charge in [0.2, 0.25) is 0 Å². The summed E-state index contributed by atoms with van der Waals surface area (Å²) < 4.78 is 12.7. The molecule has 1 saturated carbocycles. The number of rotatable bonds is 3. The Kier molecular flexibility index (Phi) is 3.33. The molecule has 0 aliphatic heterocycles. The van der Waals surface area contributed by atoms with Crippen molar-refractivity contribution in [3.63, 3.8) is 0 Å². The smallest absolute Gasteiger partial charge is 0.133 e. The molecule has 1 aliphatic carbocycles. The SMILES string of the molecule is CC(C)(C)Oc1ccc(OC2CC2)cc1I. The fourth-order valence-corrected chi connectivity index (χ4v) is 1.94. The molecule has 0 heterocycles. The van der Waals surface area contributed by atoms with E-state index in [1.807, 2.05) is 18.2 Å². The molecule has 0 bridgehead atoms. The molecule has 16 heavy (non-hydrogen) atoms. The van der Waals surface area contributed by atoms with E-state index in [4.69, 9.17) is 9.47 Å². The molecule has 0 saturated heterocycles. The molecule has 1 aromatic carbocycles. The molecule has 1 aliphatic rings. The Balaban J connectivity index is 2.09. The van der Waals surface area contributed by atoms with Gasteiger partial charge in [0.05, 0.1) is 9.67 Å². The van der Waals surface area contributed by atoms with Crippen LogP contribution in [0.1, 0.15) is 33.6 Å². The maximum Gasteiger partial charge on any atom is 0.133 e. The Bertz CT molecular complexity index is 378. The molecule has 3 heteroatoms. The van der Waals surface area contributed by atoms with E-state index >= 15 is 0 Å².